The third-order valence-electron chi connectivity index (χ3n) is 2.49. The highest BCUT2D eigenvalue weighted by molar-refractivity contribution is 7.91. The zero-order valence-electron chi connectivity index (χ0n) is 11.5. The molecule has 0 atom stereocenters. The van der Waals surface area contributed by atoms with Crippen LogP contribution in [0.5, 0.6) is 0 Å². The molecule has 1 aromatic rings. The first kappa shape index (κ1) is 14.5. The van der Waals surface area contributed by atoms with E-state index in [0.29, 0.717) is 6.42 Å². The third-order valence-corrected chi connectivity index (χ3v) is 3.85. The van der Waals surface area contributed by atoms with E-state index in [1.807, 2.05) is 4.72 Å². The van der Waals surface area contributed by atoms with Gasteiger partial charge < -0.3 is 4.74 Å². The molecule has 0 radical (unpaired) electrons. The number of carbonyl (C=O) groups excluding carboxylic acids is 1. The highest BCUT2D eigenvalue weighted by atomic mass is 32.2. The summed E-state index contributed by atoms with van der Waals surface area (Å²) in [6.07, 6.45) is 2.32. The number of nitrogens with one attached hydrogen (secondary N) is 1. The third kappa shape index (κ3) is 3.16. The first-order chi connectivity index (χ1) is 9.19. The summed E-state index contributed by atoms with van der Waals surface area (Å²) in [5.74, 6) is 0.288. The van der Waals surface area contributed by atoms with Crippen molar-refractivity contribution in [2.45, 2.75) is 32.8 Å². The number of aromatic nitrogens is 2. The van der Waals surface area contributed by atoms with Crippen LogP contribution in [0, 0.1) is 0 Å². The minimum atomic E-state index is -4.03. The fourth-order valence-electron chi connectivity index (χ4n) is 1.77. The second kappa shape index (κ2) is 4.89. The van der Waals surface area contributed by atoms with Crippen molar-refractivity contribution < 1.29 is 17.9 Å². The van der Waals surface area contributed by atoms with Crippen molar-refractivity contribution >= 4 is 22.1 Å². The lowest BCUT2D eigenvalue weighted by Gasteiger charge is -2.22. The summed E-state index contributed by atoms with van der Waals surface area (Å²) in [5, 5.41) is 0. The molecular formula is C11H16N4O4S. The van der Waals surface area contributed by atoms with Gasteiger partial charge in [-0.15, -0.1) is 0 Å². The van der Waals surface area contributed by atoms with Gasteiger partial charge in [-0.05, 0) is 27.2 Å². The average molecular weight is 300 g/mol. The highest BCUT2D eigenvalue weighted by Crippen LogP contribution is 2.26. The Labute approximate surface area is 117 Å². The van der Waals surface area contributed by atoms with Gasteiger partial charge in [0.25, 0.3) is 0 Å². The van der Waals surface area contributed by atoms with Gasteiger partial charge in [0.05, 0.1) is 0 Å². The molecule has 9 heteroatoms. The maximum absolute atomic E-state index is 12.1. The Morgan fingerprint density at radius 1 is 1.45 bits per heavy atom. The summed E-state index contributed by atoms with van der Waals surface area (Å²) in [6.45, 7) is 5.17. The minimum Gasteiger partial charge on any atom is -0.443 e. The predicted molar refractivity (Wildman–Crippen MR) is 71.4 cm³/mol. The summed E-state index contributed by atoms with van der Waals surface area (Å²) >= 11 is 0. The molecule has 8 nitrogen and oxygen atoms in total. The van der Waals surface area contributed by atoms with Crippen molar-refractivity contribution in [3.8, 4) is 0 Å². The number of hydrogen-bond donors (Lipinski definition) is 1. The Balaban J connectivity index is 2.15. The molecule has 1 aliphatic heterocycles. The molecule has 0 aromatic carbocycles. The Bertz CT molecular complexity index is 624. The van der Waals surface area contributed by atoms with Gasteiger partial charge in [0, 0.05) is 18.3 Å². The molecule has 0 saturated carbocycles. The van der Waals surface area contributed by atoms with Crippen LogP contribution >= 0.6 is 0 Å². The molecule has 0 spiro atoms. The number of rotatable bonds is 2. The van der Waals surface area contributed by atoms with E-state index in [9.17, 15) is 13.2 Å². The Hall–Kier alpha value is -1.90. The number of amides is 1. The summed E-state index contributed by atoms with van der Waals surface area (Å²) in [6, 6.07) is 0. The van der Waals surface area contributed by atoms with E-state index >= 15 is 0 Å². The molecule has 1 aromatic heterocycles. The molecule has 110 valence electrons. The molecule has 1 aliphatic rings. The number of carbonyl (C=O) groups is 1. The number of ether oxygens (including phenoxy) is 1. The number of hydrogen-bond acceptors (Lipinski definition) is 6. The van der Waals surface area contributed by atoms with Gasteiger partial charge >= 0.3 is 16.3 Å². The lowest BCUT2D eigenvalue weighted by Crippen LogP contribution is -2.45. The Kier molecular flexibility index (Phi) is 3.55. The van der Waals surface area contributed by atoms with Gasteiger partial charge in [-0.2, -0.15) is 8.42 Å². The molecule has 20 heavy (non-hydrogen) atoms. The molecule has 1 N–H and O–H groups in total. The Morgan fingerprint density at radius 3 is 2.80 bits per heavy atom. The van der Waals surface area contributed by atoms with Crippen molar-refractivity contribution in [1.29, 1.82) is 0 Å². The van der Waals surface area contributed by atoms with Crippen LogP contribution < -0.4 is 9.03 Å². The van der Waals surface area contributed by atoms with E-state index in [1.165, 1.54) is 6.33 Å². The van der Waals surface area contributed by atoms with Crippen LogP contribution in [0.1, 0.15) is 26.3 Å². The van der Waals surface area contributed by atoms with Crippen LogP contribution in [0.4, 0.5) is 10.6 Å². The number of anilines is 1. The summed E-state index contributed by atoms with van der Waals surface area (Å²) in [7, 11) is -4.03. The van der Waals surface area contributed by atoms with Crippen LogP contribution in [-0.4, -0.2) is 36.6 Å². The van der Waals surface area contributed by atoms with Gasteiger partial charge in [0.2, 0.25) is 0 Å². The minimum absolute atomic E-state index is 0.214. The molecule has 0 unspecified atom stereocenters. The van der Waals surface area contributed by atoms with Crippen molar-refractivity contribution in [1.82, 2.24) is 14.7 Å². The zero-order valence-corrected chi connectivity index (χ0v) is 12.3. The monoisotopic (exact) mass is 300 g/mol. The van der Waals surface area contributed by atoms with Gasteiger partial charge in [-0.25, -0.2) is 23.8 Å². The second-order valence-electron chi connectivity index (χ2n) is 5.30. The lowest BCUT2D eigenvalue weighted by atomic mass is 10.2. The normalized spacial score (nSPS) is 14.8. The molecular weight excluding hydrogens is 284 g/mol. The van der Waals surface area contributed by atoms with Crippen molar-refractivity contribution in [3.05, 3.63) is 18.1 Å². The van der Waals surface area contributed by atoms with E-state index in [-0.39, 0.29) is 12.4 Å². The van der Waals surface area contributed by atoms with Gasteiger partial charge in [0.1, 0.15) is 17.7 Å². The van der Waals surface area contributed by atoms with Gasteiger partial charge in [0.15, 0.2) is 0 Å². The smallest absolute Gasteiger partial charge is 0.422 e. The Morgan fingerprint density at radius 2 is 2.15 bits per heavy atom. The maximum Gasteiger partial charge on any atom is 0.422 e. The van der Waals surface area contributed by atoms with Crippen molar-refractivity contribution in [3.63, 3.8) is 0 Å². The highest BCUT2D eigenvalue weighted by Gasteiger charge is 2.33. The fraction of sp³-hybridized carbons (Fsp3) is 0.545. The zero-order chi connectivity index (χ0) is 15.0. The molecule has 0 aliphatic carbocycles. The van der Waals surface area contributed by atoms with Crippen LogP contribution in [0.3, 0.4) is 0 Å². The average Bonchev–Trinajstić information content (AvgIpc) is 2.69. The van der Waals surface area contributed by atoms with E-state index < -0.39 is 21.9 Å². The van der Waals surface area contributed by atoms with E-state index in [0.717, 1.165) is 9.87 Å². The largest absolute Gasteiger partial charge is 0.443 e. The topological polar surface area (TPSA) is 101 Å². The summed E-state index contributed by atoms with van der Waals surface area (Å²) in [4.78, 5) is 19.3. The van der Waals surface area contributed by atoms with E-state index in [1.54, 1.807) is 27.0 Å². The van der Waals surface area contributed by atoms with Crippen molar-refractivity contribution in [2.75, 3.05) is 10.8 Å². The van der Waals surface area contributed by atoms with Gasteiger partial charge in [-0.1, -0.05) is 0 Å². The SMILES string of the molecule is CC(C)(C)OC(=O)NS(=O)(=O)N1CCc2cncnc21. The first-order valence-electron chi connectivity index (χ1n) is 6.01. The fourth-order valence-corrected chi connectivity index (χ4v) is 2.86. The predicted octanol–water partition coefficient (Wildman–Crippen LogP) is 0.609. The van der Waals surface area contributed by atoms with Crippen LogP contribution in [0.2, 0.25) is 0 Å². The maximum atomic E-state index is 12.1. The second-order valence-corrected chi connectivity index (χ2v) is 6.90. The standard InChI is InChI=1S/C11H16N4O4S/c1-11(2,3)19-10(16)14-20(17,18)15-5-4-8-6-12-7-13-9(8)15/h6-7H,4-5H2,1-3H3,(H,14,16). The lowest BCUT2D eigenvalue weighted by molar-refractivity contribution is 0.0570. The molecule has 0 saturated heterocycles. The molecule has 0 fully saturated rings. The summed E-state index contributed by atoms with van der Waals surface area (Å²) < 4.78 is 32.1. The number of fused-ring (bicyclic) bond motifs is 1. The van der Waals surface area contributed by atoms with Crippen LogP contribution in [0.15, 0.2) is 12.5 Å². The molecule has 2 heterocycles. The quantitative estimate of drug-likeness (QED) is 0.858. The molecule has 0 bridgehead atoms. The molecule has 1 amide bonds. The van der Waals surface area contributed by atoms with E-state index in [4.69, 9.17) is 4.74 Å². The van der Waals surface area contributed by atoms with Crippen molar-refractivity contribution in [2.24, 2.45) is 0 Å². The first-order valence-corrected chi connectivity index (χ1v) is 7.45. The number of nitrogens with zero attached hydrogens (tertiary/aromatic N) is 3. The molecule has 2 rings (SSSR count). The van der Waals surface area contributed by atoms with Gasteiger partial charge in [-0.3, -0.25) is 0 Å². The van der Waals surface area contributed by atoms with E-state index in [2.05, 4.69) is 9.97 Å². The summed E-state index contributed by atoms with van der Waals surface area (Å²) in [5.41, 5.74) is -0.0490. The van der Waals surface area contributed by atoms with Crippen LogP contribution in [0.25, 0.3) is 0 Å². The van der Waals surface area contributed by atoms with Crippen LogP contribution in [-0.2, 0) is 21.4 Å².